The molecule has 1 fully saturated rings. The Morgan fingerprint density at radius 1 is 1.23 bits per heavy atom. The Hall–Kier alpha value is -2.11. The molecule has 0 bridgehead atoms. The van der Waals surface area contributed by atoms with Crippen LogP contribution >= 0.6 is 24.0 Å². The van der Waals surface area contributed by atoms with E-state index in [2.05, 4.69) is 61.4 Å². The number of likely N-dealkylation sites (N-methyl/N-ethyl adjacent to an activating group) is 1. The number of thiocarbonyl (C=S) groups is 1. The predicted octanol–water partition coefficient (Wildman–Crippen LogP) is 4.89. The van der Waals surface area contributed by atoms with Crippen LogP contribution in [-0.2, 0) is 10.2 Å². The van der Waals surface area contributed by atoms with E-state index in [1.54, 1.807) is 4.90 Å². The maximum atomic E-state index is 12.3. The molecule has 0 N–H and O–H groups in total. The van der Waals surface area contributed by atoms with Gasteiger partial charge in [0.15, 0.2) is 0 Å². The number of hydrogen-bond donors (Lipinski definition) is 0. The van der Waals surface area contributed by atoms with Gasteiger partial charge in [-0.2, -0.15) is 0 Å². The minimum Gasteiger partial charge on any atom is -0.320 e. The lowest BCUT2D eigenvalue weighted by Crippen LogP contribution is -2.27. The molecule has 3 aliphatic heterocycles. The Bertz CT molecular complexity index is 937. The molecular formula is C21H20N2OS2. The molecule has 132 valence electrons. The number of benzene rings is 1. The minimum absolute atomic E-state index is 0.00187. The number of nitrogens with zero attached hydrogens (tertiary/aromatic N) is 2. The molecular weight excluding hydrogens is 360 g/mol. The highest BCUT2D eigenvalue weighted by atomic mass is 32.2. The first kappa shape index (κ1) is 17.3. The second kappa shape index (κ2) is 6.25. The number of hydrogen-bond acceptors (Lipinski definition) is 4. The van der Waals surface area contributed by atoms with Crippen LogP contribution in [0.1, 0.15) is 26.3 Å². The summed E-state index contributed by atoms with van der Waals surface area (Å²) in [5.74, 6) is 0.00187. The van der Waals surface area contributed by atoms with E-state index in [0.29, 0.717) is 15.8 Å². The van der Waals surface area contributed by atoms with Crippen molar-refractivity contribution in [3.63, 3.8) is 0 Å². The summed E-state index contributed by atoms with van der Waals surface area (Å²) in [6.07, 6.45) is 10.3. The van der Waals surface area contributed by atoms with Crippen molar-refractivity contribution in [3.05, 3.63) is 76.5 Å². The molecule has 1 aromatic rings. The molecule has 0 aromatic heterocycles. The van der Waals surface area contributed by atoms with Crippen LogP contribution < -0.4 is 4.90 Å². The Morgan fingerprint density at radius 3 is 2.73 bits per heavy atom. The van der Waals surface area contributed by atoms with Crippen LogP contribution in [0.2, 0.25) is 0 Å². The molecule has 4 rings (SSSR count). The summed E-state index contributed by atoms with van der Waals surface area (Å²) in [4.78, 5) is 16.9. The number of para-hydroxylation sites is 1. The monoisotopic (exact) mass is 380 g/mol. The summed E-state index contributed by atoms with van der Waals surface area (Å²) < 4.78 is 0.637. The van der Waals surface area contributed by atoms with Crippen molar-refractivity contribution >= 4 is 39.9 Å². The third kappa shape index (κ3) is 2.58. The van der Waals surface area contributed by atoms with Gasteiger partial charge in [0.25, 0.3) is 5.91 Å². The third-order valence-corrected chi connectivity index (χ3v) is 6.47. The molecule has 0 unspecified atom stereocenters. The van der Waals surface area contributed by atoms with Crippen molar-refractivity contribution in [2.75, 3.05) is 11.4 Å². The Morgan fingerprint density at radius 2 is 2.00 bits per heavy atom. The normalized spacial score (nSPS) is 23.7. The Kier molecular flexibility index (Phi) is 4.16. The molecule has 26 heavy (non-hydrogen) atoms. The molecule has 1 aromatic carbocycles. The number of anilines is 1. The quantitative estimate of drug-likeness (QED) is 0.539. The number of fused-ring (bicyclic) bond motifs is 3. The number of carbonyl (C=O) groups is 1. The Balaban J connectivity index is 1.67. The fraction of sp³-hybridized carbons (Fsp3) is 0.238. The van der Waals surface area contributed by atoms with E-state index in [1.807, 2.05) is 19.1 Å². The van der Waals surface area contributed by atoms with Crippen LogP contribution in [0.3, 0.4) is 0 Å². The van der Waals surface area contributed by atoms with Crippen LogP contribution in [0.4, 0.5) is 5.69 Å². The zero-order chi connectivity index (χ0) is 18.5. The SMILES string of the molecule is CCN1C(=O)C(=CC=C2C=CN3C(=C2)C(C)(C)c2ccccc23)SC1=S. The van der Waals surface area contributed by atoms with Crippen LogP contribution in [0.5, 0.6) is 0 Å². The fourth-order valence-electron chi connectivity index (χ4n) is 3.62. The average Bonchev–Trinajstić information content (AvgIpc) is 3.04. The van der Waals surface area contributed by atoms with Crippen molar-refractivity contribution in [2.45, 2.75) is 26.2 Å². The number of rotatable bonds is 2. The highest BCUT2D eigenvalue weighted by Gasteiger charge is 2.40. The topological polar surface area (TPSA) is 23.6 Å². The molecule has 1 amide bonds. The molecule has 0 aliphatic carbocycles. The largest absolute Gasteiger partial charge is 0.320 e. The summed E-state index contributed by atoms with van der Waals surface area (Å²) in [5, 5.41) is 0. The number of carbonyl (C=O) groups excluding carboxylic acids is 1. The van der Waals surface area contributed by atoms with Crippen LogP contribution in [-0.4, -0.2) is 21.7 Å². The molecule has 1 saturated heterocycles. The first-order valence-corrected chi connectivity index (χ1v) is 9.90. The van der Waals surface area contributed by atoms with Crippen molar-refractivity contribution in [3.8, 4) is 0 Å². The third-order valence-electron chi connectivity index (χ3n) is 5.07. The summed E-state index contributed by atoms with van der Waals surface area (Å²) in [6.45, 7) is 7.06. The Labute approximate surface area is 163 Å². The molecule has 5 heteroatoms. The molecule has 0 saturated carbocycles. The molecule has 0 atom stereocenters. The van der Waals surface area contributed by atoms with Gasteiger partial charge in [-0.25, -0.2) is 0 Å². The number of allylic oxidation sites excluding steroid dienone is 6. The minimum atomic E-state index is -0.0495. The van der Waals surface area contributed by atoms with Gasteiger partial charge in [-0.15, -0.1) is 0 Å². The van der Waals surface area contributed by atoms with E-state index in [-0.39, 0.29) is 11.3 Å². The van der Waals surface area contributed by atoms with Gasteiger partial charge in [-0.1, -0.05) is 62.1 Å². The van der Waals surface area contributed by atoms with E-state index in [1.165, 1.54) is 28.7 Å². The summed E-state index contributed by atoms with van der Waals surface area (Å²) in [5.41, 5.74) is 4.86. The maximum absolute atomic E-state index is 12.3. The second-order valence-electron chi connectivity index (χ2n) is 6.97. The van der Waals surface area contributed by atoms with Gasteiger partial charge in [0.05, 0.1) is 4.91 Å². The fourth-order valence-corrected chi connectivity index (χ4v) is 4.95. The lowest BCUT2D eigenvalue weighted by molar-refractivity contribution is -0.122. The lowest BCUT2D eigenvalue weighted by Gasteiger charge is -2.27. The van der Waals surface area contributed by atoms with Gasteiger partial charge in [-0.05, 0) is 42.4 Å². The van der Waals surface area contributed by atoms with E-state index >= 15 is 0 Å². The first-order valence-electron chi connectivity index (χ1n) is 8.68. The van der Waals surface area contributed by atoms with Crippen molar-refractivity contribution in [1.29, 1.82) is 0 Å². The molecule has 3 nitrogen and oxygen atoms in total. The van der Waals surface area contributed by atoms with Crippen molar-refractivity contribution in [2.24, 2.45) is 0 Å². The predicted molar refractivity (Wildman–Crippen MR) is 113 cm³/mol. The maximum Gasteiger partial charge on any atom is 0.266 e. The van der Waals surface area contributed by atoms with Gasteiger partial charge in [0.1, 0.15) is 4.32 Å². The molecule has 0 radical (unpaired) electrons. The van der Waals surface area contributed by atoms with Crippen LogP contribution in [0.25, 0.3) is 0 Å². The van der Waals surface area contributed by atoms with Crippen molar-refractivity contribution in [1.82, 2.24) is 4.90 Å². The van der Waals surface area contributed by atoms with E-state index in [4.69, 9.17) is 12.2 Å². The van der Waals surface area contributed by atoms with Crippen LogP contribution in [0.15, 0.2) is 70.9 Å². The standard InChI is InChI=1S/C21H20N2OS2/c1-4-22-19(24)17(26-20(22)25)10-9-14-11-12-23-16-8-6-5-7-15(16)21(2,3)18(23)13-14/h5-13H,4H2,1-3H3. The van der Waals surface area contributed by atoms with E-state index in [0.717, 1.165) is 5.57 Å². The first-order chi connectivity index (χ1) is 12.4. The van der Waals surface area contributed by atoms with Gasteiger partial charge in [0, 0.05) is 29.5 Å². The lowest BCUT2D eigenvalue weighted by atomic mass is 9.83. The van der Waals surface area contributed by atoms with Gasteiger partial charge < -0.3 is 4.90 Å². The van der Waals surface area contributed by atoms with E-state index in [9.17, 15) is 4.79 Å². The van der Waals surface area contributed by atoms with Gasteiger partial charge in [-0.3, -0.25) is 9.69 Å². The molecule has 0 spiro atoms. The highest BCUT2D eigenvalue weighted by Crippen LogP contribution is 2.49. The van der Waals surface area contributed by atoms with Crippen LogP contribution in [0, 0.1) is 0 Å². The summed E-state index contributed by atoms with van der Waals surface area (Å²) in [7, 11) is 0. The molecule has 3 heterocycles. The molecule has 3 aliphatic rings. The zero-order valence-corrected chi connectivity index (χ0v) is 16.7. The second-order valence-corrected chi connectivity index (χ2v) is 8.65. The average molecular weight is 381 g/mol. The number of amides is 1. The van der Waals surface area contributed by atoms with E-state index < -0.39 is 0 Å². The summed E-state index contributed by atoms with van der Waals surface area (Å²) in [6, 6.07) is 8.53. The highest BCUT2D eigenvalue weighted by molar-refractivity contribution is 8.26. The zero-order valence-electron chi connectivity index (χ0n) is 15.0. The van der Waals surface area contributed by atoms with Gasteiger partial charge >= 0.3 is 0 Å². The summed E-state index contributed by atoms with van der Waals surface area (Å²) >= 11 is 6.64. The van der Waals surface area contributed by atoms with Crippen molar-refractivity contribution < 1.29 is 4.79 Å². The number of thioether (sulfide) groups is 1. The van der Waals surface area contributed by atoms with Gasteiger partial charge in [0.2, 0.25) is 0 Å². The smallest absolute Gasteiger partial charge is 0.266 e.